The molecule has 4 aromatic rings. The molecule has 0 saturated carbocycles. The first kappa shape index (κ1) is 18.8. The number of hydrogen-bond acceptors (Lipinski definition) is 5. The number of carbonyl (C=O) groups is 1. The first-order valence-corrected chi connectivity index (χ1v) is 9.20. The van der Waals surface area contributed by atoms with Crippen LogP contribution < -0.4 is 10.1 Å². The molecule has 6 heteroatoms. The molecule has 1 N–H and O–H groups in total. The lowest BCUT2D eigenvalue weighted by atomic mass is 10.2. The number of para-hydroxylation sites is 5. The molecule has 0 unspecified atom stereocenters. The summed E-state index contributed by atoms with van der Waals surface area (Å²) >= 11 is 0. The Morgan fingerprint density at radius 1 is 0.933 bits per heavy atom. The highest BCUT2D eigenvalue weighted by molar-refractivity contribution is 6.10. The van der Waals surface area contributed by atoms with Gasteiger partial charge in [0, 0.05) is 0 Å². The highest BCUT2D eigenvalue weighted by Gasteiger charge is 2.13. The Bertz CT molecular complexity index is 1280. The first-order valence-electron chi connectivity index (χ1n) is 9.20. The van der Waals surface area contributed by atoms with Crippen LogP contribution in [-0.4, -0.2) is 15.9 Å². The van der Waals surface area contributed by atoms with E-state index in [4.69, 9.17) is 4.74 Å². The van der Waals surface area contributed by atoms with Crippen LogP contribution in [-0.2, 0) is 4.79 Å². The number of hydrogen-bond donors (Lipinski definition) is 1. The SMILES string of the molecule is N#C/C(=C\c1cnc2ccccc2n1)C(=O)Nc1ccccc1Oc1ccccc1. The normalized spacial score (nSPS) is 11.0. The van der Waals surface area contributed by atoms with E-state index in [1.165, 1.54) is 12.3 Å². The minimum absolute atomic E-state index is 0.0888. The van der Waals surface area contributed by atoms with Gasteiger partial charge in [-0.2, -0.15) is 5.26 Å². The number of fused-ring (bicyclic) bond motifs is 1. The summed E-state index contributed by atoms with van der Waals surface area (Å²) in [6, 6.07) is 25.6. The van der Waals surface area contributed by atoms with Crippen molar-refractivity contribution in [3.63, 3.8) is 0 Å². The number of nitrogens with zero attached hydrogens (tertiary/aromatic N) is 3. The fourth-order valence-electron chi connectivity index (χ4n) is 2.80. The van der Waals surface area contributed by atoms with E-state index in [2.05, 4.69) is 15.3 Å². The van der Waals surface area contributed by atoms with E-state index in [1.54, 1.807) is 24.3 Å². The number of carbonyl (C=O) groups excluding carboxylic acids is 1. The van der Waals surface area contributed by atoms with Crippen LogP contribution in [0.1, 0.15) is 5.69 Å². The zero-order valence-electron chi connectivity index (χ0n) is 15.8. The lowest BCUT2D eigenvalue weighted by molar-refractivity contribution is -0.112. The van der Waals surface area contributed by atoms with Gasteiger partial charge in [-0.25, -0.2) is 4.98 Å². The van der Waals surface area contributed by atoms with E-state index < -0.39 is 5.91 Å². The number of rotatable bonds is 5. The van der Waals surface area contributed by atoms with Crippen molar-refractivity contribution in [1.29, 1.82) is 5.26 Å². The van der Waals surface area contributed by atoms with Gasteiger partial charge in [0.2, 0.25) is 0 Å². The molecule has 3 aromatic carbocycles. The molecule has 0 radical (unpaired) electrons. The molecule has 6 nitrogen and oxygen atoms in total. The molecule has 1 aromatic heterocycles. The van der Waals surface area contributed by atoms with E-state index in [1.807, 2.05) is 60.7 Å². The number of aromatic nitrogens is 2. The molecule has 0 aliphatic rings. The molecule has 0 aliphatic carbocycles. The van der Waals surface area contributed by atoms with E-state index >= 15 is 0 Å². The van der Waals surface area contributed by atoms with Crippen molar-refractivity contribution in [1.82, 2.24) is 9.97 Å². The van der Waals surface area contributed by atoms with Crippen molar-refractivity contribution in [3.8, 4) is 17.6 Å². The minimum Gasteiger partial charge on any atom is -0.455 e. The average Bonchev–Trinajstić information content (AvgIpc) is 2.79. The molecule has 0 aliphatic heterocycles. The second-order valence-corrected chi connectivity index (χ2v) is 6.32. The van der Waals surface area contributed by atoms with Crippen LogP contribution in [0.2, 0.25) is 0 Å². The summed E-state index contributed by atoms with van der Waals surface area (Å²) in [5.74, 6) is 0.554. The fraction of sp³-hybridized carbons (Fsp3) is 0. The standard InChI is InChI=1S/C24H16N4O2/c25-15-17(14-18-16-26-20-10-4-5-11-21(20)27-18)24(29)28-22-12-6-7-13-23(22)30-19-8-2-1-3-9-19/h1-14,16H,(H,28,29)/b17-14+. The third kappa shape index (κ3) is 4.32. The van der Waals surface area contributed by atoms with Crippen LogP contribution in [0.5, 0.6) is 11.5 Å². The molecule has 0 spiro atoms. The van der Waals surface area contributed by atoms with Gasteiger partial charge in [0.1, 0.15) is 17.4 Å². The maximum atomic E-state index is 12.7. The number of nitrogens with one attached hydrogen (secondary N) is 1. The Morgan fingerprint density at radius 3 is 2.43 bits per heavy atom. The van der Waals surface area contributed by atoms with Gasteiger partial charge in [0.05, 0.1) is 28.6 Å². The van der Waals surface area contributed by atoms with E-state index in [0.29, 0.717) is 28.4 Å². The molecule has 4 rings (SSSR count). The molecule has 144 valence electrons. The topological polar surface area (TPSA) is 87.9 Å². The van der Waals surface area contributed by atoms with Crippen molar-refractivity contribution >= 4 is 28.7 Å². The Balaban J connectivity index is 1.57. The van der Waals surface area contributed by atoms with Crippen LogP contribution in [0.4, 0.5) is 5.69 Å². The van der Waals surface area contributed by atoms with Crippen molar-refractivity contribution in [3.05, 3.63) is 96.3 Å². The largest absolute Gasteiger partial charge is 0.455 e. The van der Waals surface area contributed by atoms with Crippen molar-refractivity contribution in [2.24, 2.45) is 0 Å². The van der Waals surface area contributed by atoms with Crippen LogP contribution >= 0.6 is 0 Å². The summed E-state index contributed by atoms with van der Waals surface area (Å²) in [5, 5.41) is 12.2. The second-order valence-electron chi connectivity index (χ2n) is 6.32. The van der Waals surface area contributed by atoms with Gasteiger partial charge >= 0.3 is 0 Å². The third-order valence-corrected chi connectivity index (χ3v) is 4.23. The number of benzene rings is 3. The Labute approximate surface area is 173 Å². The summed E-state index contributed by atoms with van der Waals surface area (Å²) in [6.07, 6.45) is 2.94. The van der Waals surface area contributed by atoms with Gasteiger partial charge in [-0.1, -0.05) is 42.5 Å². The van der Waals surface area contributed by atoms with Crippen LogP contribution in [0.15, 0.2) is 90.6 Å². The molecule has 0 fully saturated rings. The highest BCUT2D eigenvalue weighted by atomic mass is 16.5. The van der Waals surface area contributed by atoms with Gasteiger partial charge in [0.15, 0.2) is 5.75 Å². The summed E-state index contributed by atoms with van der Waals surface area (Å²) in [4.78, 5) is 21.4. The predicted octanol–water partition coefficient (Wildman–Crippen LogP) is 4.97. The van der Waals surface area contributed by atoms with Gasteiger partial charge in [-0.3, -0.25) is 9.78 Å². The molecule has 0 atom stereocenters. The van der Waals surface area contributed by atoms with Crippen LogP contribution in [0.25, 0.3) is 17.1 Å². The van der Waals surface area contributed by atoms with E-state index in [0.717, 1.165) is 5.52 Å². The monoisotopic (exact) mass is 392 g/mol. The molecular formula is C24H16N4O2. The zero-order valence-corrected chi connectivity index (χ0v) is 15.8. The summed E-state index contributed by atoms with van der Waals surface area (Å²) in [6.45, 7) is 0. The lowest BCUT2D eigenvalue weighted by Gasteiger charge is -2.12. The van der Waals surface area contributed by atoms with Crippen LogP contribution in [0.3, 0.4) is 0 Å². The van der Waals surface area contributed by atoms with Gasteiger partial charge in [-0.15, -0.1) is 0 Å². The summed E-state index contributed by atoms with van der Waals surface area (Å²) in [7, 11) is 0. The van der Waals surface area contributed by atoms with Crippen molar-refractivity contribution in [2.45, 2.75) is 0 Å². The Hall–Kier alpha value is -4.50. The fourth-order valence-corrected chi connectivity index (χ4v) is 2.80. The summed E-state index contributed by atoms with van der Waals surface area (Å²) < 4.78 is 5.85. The third-order valence-electron chi connectivity index (χ3n) is 4.23. The maximum absolute atomic E-state index is 12.7. The molecule has 0 bridgehead atoms. The van der Waals surface area contributed by atoms with Crippen LogP contribution in [0, 0.1) is 11.3 Å². The minimum atomic E-state index is -0.559. The van der Waals surface area contributed by atoms with Crippen molar-refractivity contribution in [2.75, 3.05) is 5.32 Å². The average molecular weight is 392 g/mol. The molecule has 1 heterocycles. The Kier molecular flexibility index (Phi) is 5.45. The quantitative estimate of drug-likeness (QED) is 0.383. The zero-order chi connectivity index (χ0) is 20.8. The smallest absolute Gasteiger partial charge is 0.266 e. The van der Waals surface area contributed by atoms with E-state index in [9.17, 15) is 10.1 Å². The number of nitriles is 1. The molecule has 0 saturated heterocycles. The predicted molar refractivity (Wildman–Crippen MR) is 115 cm³/mol. The molecule has 30 heavy (non-hydrogen) atoms. The first-order chi connectivity index (χ1) is 14.7. The molecule has 1 amide bonds. The van der Waals surface area contributed by atoms with Gasteiger partial charge in [0.25, 0.3) is 5.91 Å². The molecular weight excluding hydrogens is 376 g/mol. The number of ether oxygens (including phenoxy) is 1. The van der Waals surface area contributed by atoms with Gasteiger partial charge < -0.3 is 10.1 Å². The lowest BCUT2D eigenvalue weighted by Crippen LogP contribution is -2.14. The maximum Gasteiger partial charge on any atom is 0.266 e. The highest BCUT2D eigenvalue weighted by Crippen LogP contribution is 2.29. The van der Waals surface area contributed by atoms with Gasteiger partial charge in [-0.05, 0) is 42.5 Å². The summed E-state index contributed by atoms with van der Waals surface area (Å²) in [5.41, 5.74) is 2.22. The number of anilines is 1. The number of amides is 1. The second kappa shape index (κ2) is 8.67. The van der Waals surface area contributed by atoms with Crippen molar-refractivity contribution < 1.29 is 9.53 Å². The van der Waals surface area contributed by atoms with E-state index in [-0.39, 0.29) is 5.57 Å². The Morgan fingerprint density at radius 2 is 1.63 bits per heavy atom.